The normalized spacial score (nSPS) is 17.8. The summed E-state index contributed by atoms with van der Waals surface area (Å²) in [6.07, 6.45) is 2.93. The highest BCUT2D eigenvalue weighted by Crippen LogP contribution is 2.29. The Hall–Kier alpha value is -3.48. The van der Waals surface area contributed by atoms with E-state index in [0.29, 0.717) is 25.3 Å². The summed E-state index contributed by atoms with van der Waals surface area (Å²) in [5, 5.41) is 7.47. The Labute approximate surface area is 179 Å². The van der Waals surface area contributed by atoms with E-state index in [0.717, 1.165) is 30.4 Å². The number of nitrogens with one attached hydrogen (secondary N) is 1. The van der Waals surface area contributed by atoms with Crippen LogP contribution in [0.3, 0.4) is 0 Å². The van der Waals surface area contributed by atoms with E-state index in [1.54, 1.807) is 27.8 Å². The fourth-order valence-corrected chi connectivity index (χ4v) is 4.49. The summed E-state index contributed by atoms with van der Waals surface area (Å²) < 4.78 is 15.1. The summed E-state index contributed by atoms with van der Waals surface area (Å²) in [5.41, 5.74) is 3.79. The molecule has 1 aliphatic heterocycles. The van der Waals surface area contributed by atoms with E-state index in [9.17, 15) is 14.0 Å². The average Bonchev–Trinajstić information content (AvgIpc) is 3.22. The summed E-state index contributed by atoms with van der Waals surface area (Å²) in [6.45, 7) is 1.28. The average molecular weight is 418 g/mol. The van der Waals surface area contributed by atoms with Gasteiger partial charge < -0.3 is 10.2 Å². The minimum atomic E-state index is -0.324. The third-order valence-electron chi connectivity index (χ3n) is 6.04. The highest BCUT2D eigenvalue weighted by molar-refractivity contribution is 5.98. The molecule has 0 spiro atoms. The monoisotopic (exact) mass is 418 g/mol. The number of nitrogens with zero attached hydrogens (tertiary/aromatic N) is 3. The SMILES string of the molecule is O=C(N[C@@H]1CCCc2ccccc21)c1cc2n(n1)CCN(Cc1cccc(F)c1)C2=O. The van der Waals surface area contributed by atoms with Crippen molar-refractivity contribution < 1.29 is 14.0 Å². The smallest absolute Gasteiger partial charge is 0.272 e. The van der Waals surface area contributed by atoms with Crippen molar-refractivity contribution in [3.63, 3.8) is 0 Å². The van der Waals surface area contributed by atoms with E-state index in [2.05, 4.69) is 22.5 Å². The van der Waals surface area contributed by atoms with Crippen molar-refractivity contribution in [3.05, 3.63) is 88.5 Å². The predicted molar refractivity (Wildman–Crippen MR) is 113 cm³/mol. The van der Waals surface area contributed by atoms with Crippen LogP contribution >= 0.6 is 0 Å². The number of aryl methyl sites for hydroxylation is 1. The van der Waals surface area contributed by atoms with E-state index in [1.165, 1.54) is 17.7 Å². The minimum Gasteiger partial charge on any atom is -0.344 e. The van der Waals surface area contributed by atoms with Crippen LogP contribution in [0.25, 0.3) is 0 Å². The zero-order valence-corrected chi connectivity index (χ0v) is 17.1. The molecule has 0 saturated carbocycles. The Kier molecular flexibility index (Phi) is 5.02. The summed E-state index contributed by atoms with van der Waals surface area (Å²) in [5.74, 6) is -0.798. The number of halogens is 1. The second kappa shape index (κ2) is 7.98. The van der Waals surface area contributed by atoms with Gasteiger partial charge in [0.2, 0.25) is 0 Å². The number of hydrogen-bond acceptors (Lipinski definition) is 3. The molecule has 1 atom stereocenters. The van der Waals surface area contributed by atoms with Gasteiger partial charge in [-0.3, -0.25) is 14.3 Å². The lowest BCUT2D eigenvalue weighted by molar-refractivity contribution is 0.0682. The predicted octanol–water partition coefficient (Wildman–Crippen LogP) is 3.49. The topological polar surface area (TPSA) is 67.2 Å². The first kappa shape index (κ1) is 19.5. The minimum absolute atomic E-state index is 0.0450. The maximum atomic E-state index is 13.5. The van der Waals surface area contributed by atoms with Gasteiger partial charge in [0.1, 0.15) is 11.5 Å². The van der Waals surface area contributed by atoms with Crippen LogP contribution in [0.4, 0.5) is 4.39 Å². The molecule has 0 fully saturated rings. The van der Waals surface area contributed by atoms with Crippen molar-refractivity contribution in [1.29, 1.82) is 0 Å². The lowest BCUT2D eigenvalue weighted by atomic mass is 9.87. The van der Waals surface area contributed by atoms with Crippen LogP contribution in [0.15, 0.2) is 54.6 Å². The molecule has 5 rings (SSSR count). The molecular formula is C24H23FN4O2. The second-order valence-electron chi connectivity index (χ2n) is 8.11. The molecule has 0 saturated heterocycles. The van der Waals surface area contributed by atoms with Crippen LogP contribution in [0, 0.1) is 5.82 Å². The molecular weight excluding hydrogens is 395 g/mol. The van der Waals surface area contributed by atoms with Gasteiger partial charge in [-0.2, -0.15) is 5.10 Å². The zero-order valence-electron chi connectivity index (χ0n) is 17.1. The lowest BCUT2D eigenvalue weighted by Crippen LogP contribution is -2.39. The molecule has 2 aliphatic rings. The van der Waals surface area contributed by atoms with Crippen LogP contribution in [0.1, 0.15) is 56.6 Å². The number of aromatic nitrogens is 2. The van der Waals surface area contributed by atoms with Gasteiger partial charge in [0.05, 0.1) is 12.6 Å². The number of carbonyl (C=O) groups excluding carboxylic acids is 2. The van der Waals surface area contributed by atoms with E-state index in [4.69, 9.17) is 0 Å². The van der Waals surface area contributed by atoms with Crippen molar-refractivity contribution >= 4 is 11.8 Å². The van der Waals surface area contributed by atoms with Crippen molar-refractivity contribution in [2.45, 2.75) is 38.4 Å². The van der Waals surface area contributed by atoms with Crippen LogP contribution in [0.2, 0.25) is 0 Å². The molecule has 31 heavy (non-hydrogen) atoms. The Bertz CT molecular complexity index is 1160. The summed E-state index contributed by atoms with van der Waals surface area (Å²) in [4.78, 5) is 27.5. The molecule has 0 unspecified atom stereocenters. The highest BCUT2D eigenvalue weighted by Gasteiger charge is 2.29. The zero-order chi connectivity index (χ0) is 21.4. The van der Waals surface area contributed by atoms with E-state index in [1.807, 2.05) is 12.1 Å². The number of carbonyl (C=O) groups is 2. The summed E-state index contributed by atoms with van der Waals surface area (Å²) in [7, 11) is 0. The summed E-state index contributed by atoms with van der Waals surface area (Å²) in [6, 6.07) is 15.9. The number of fused-ring (bicyclic) bond motifs is 2. The molecule has 6 nitrogen and oxygen atoms in total. The molecule has 3 aromatic rings. The number of amides is 2. The third-order valence-corrected chi connectivity index (χ3v) is 6.04. The van der Waals surface area contributed by atoms with E-state index < -0.39 is 0 Å². The number of hydrogen-bond donors (Lipinski definition) is 1. The Morgan fingerprint density at radius 2 is 2.00 bits per heavy atom. The largest absolute Gasteiger partial charge is 0.344 e. The maximum absolute atomic E-state index is 13.5. The van der Waals surface area contributed by atoms with Crippen molar-refractivity contribution in [2.24, 2.45) is 0 Å². The molecule has 1 aromatic heterocycles. The number of rotatable bonds is 4. The van der Waals surface area contributed by atoms with E-state index >= 15 is 0 Å². The van der Waals surface area contributed by atoms with Crippen LogP contribution < -0.4 is 5.32 Å². The van der Waals surface area contributed by atoms with Crippen molar-refractivity contribution in [1.82, 2.24) is 20.0 Å². The summed E-state index contributed by atoms with van der Waals surface area (Å²) >= 11 is 0. The Morgan fingerprint density at radius 1 is 1.13 bits per heavy atom. The van der Waals surface area contributed by atoms with Gasteiger partial charge in [0, 0.05) is 19.2 Å². The molecule has 1 N–H and O–H groups in total. The first-order chi connectivity index (χ1) is 15.1. The van der Waals surface area contributed by atoms with Gasteiger partial charge in [-0.1, -0.05) is 36.4 Å². The molecule has 1 aliphatic carbocycles. The molecule has 0 radical (unpaired) electrons. The van der Waals surface area contributed by atoms with Gasteiger partial charge in [0.15, 0.2) is 5.69 Å². The standard InChI is InChI=1S/C24H23FN4O2/c25-18-8-3-5-16(13-18)15-28-11-12-29-22(24(28)31)14-21(27-29)23(30)26-20-10-4-7-17-6-1-2-9-19(17)20/h1-3,5-6,8-9,13-14,20H,4,7,10-12,15H2,(H,26,30)/t20-/m1/s1. The maximum Gasteiger partial charge on any atom is 0.272 e. The van der Waals surface area contributed by atoms with Crippen molar-refractivity contribution in [2.75, 3.05) is 6.54 Å². The molecule has 7 heteroatoms. The Morgan fingerprint density at radius 3 is 2.87 bits per heavy atom. The Balaban J connectivity index is 1.31. The van der Waals surface area contributed by atoms with Gasteiger partial charge in [-0.25, -0.2) is 4.39 Å². The molecule has 0 bridgehead atoms. The second-order valence-corrected chi connectivity index (χ2v) is 8.11. The first-order valence-corrected chi connectivity index (χ1v) is 10.6. The van der Waals surface area contributed by atoms with Crippen LogP contribution in [-0.4, -0.2) is 33.0 Å². The lowest BCUT2D eigenvalue weighted by Gasteiger charge is -2.27. The van der Waals surface area contributed by atoms with Crippen LogP contribution in [-0.2, 0) is 19.5 Å². The molecule has 2 aromatic carbocycles. The first-order valence-electron chi connectivity index (χ1n) is 10.6. The van der Waals surface area contributed by atoms with Gasteiger partial charge >= 0.3 is 0 Å². The highest BCUT2D eigenvalue weighted by atomic mass is 19.1. The molecule has 2 heterocycles. The molecule has 2 amide bonds. The number of benzene rings is 2. The fourth-order valence-electron chi connectivity index (χ4n) is 4.49. The van der Waals surface area contributed by atoms with Crippen LogP contribution in [0.5, 0.6) is 0 Å². The van der Waals surface area contributed by atoms with Crippen molar-refractivity contribution in [3.8, 4) is 0 Å². The van der Waals surface area contributed by atoms with Gasteiger partial charge in [-0.05, 0) is 48.1 Å². The molecule has 158 valence electrons. The van der Waals surface area contributed by atoms with E-state index in [-0.39, 0.29) is 29.4 Å². The fraction of sp³-hybridized carbons (Fsp3) is 0.292. The quantitative estimate of drug-likeness (QED) is 0.705. The third kappa shape index (κ3) is 3.83. The van der Waals surface area contributed by atoms with Gasteiger partial charge in [0.25, 0.3) is 11.8 Å². The van der Waals surface area contributed by atoms with Gasteiger partial charge in [-0.15, -0.1) is 0 Å².